The molecule has 1 aromatic rings. The highest BCUT2D eigenvalue weighted by Crippen LogP contribution is 2.24. The van der Waals surface area contributed by atoms with Crippen molar-refractivity contribution in [2.75, 3.05) is 39.8 Å². The van der Waals surface area contributed by atoms with E-state index < -0.39 is 0 Å². The van der Waals surface area contributed by atoms with E-state index in [1.54, 1.807) is 0 Å². The summed E-state index contributed by atoms with van der Waals surface area (Å²) in [5, 5.41) is 2.96. The predicted octanol–water partition coefficient (Wildman–Crippen LogP) is 1.89. The molecule has 1 aromatic carbocycles. The average Bonchev–Trinajstić information content (AvgIpc) is 2.53. The van der Waals surface area contributed by atoms with Gasteiger partial charge in [0.05, 0.1) is 0 Å². The number of nitrogens with one attached hydrogen (secondary N) is 1. The number of hydrogen-bond acceptors (Lipinski definition) is 3. The lowest BCUT2D eigenvalue weighted by atomic mass is 10.0. The fraction of sp³-hybridized carbons (Fsp3) is 0.588. The number of piperazine rings is 1. The minimum atomic E-state index is 0.146. The summed E-state index contributed by atoms with van der Waals surface area (Å²) in [5.41, 5.74) is 1.39. The van der Waals surface area contributed by atoms with Gasteiger partial charge in [-0.2, -0.15) is 0 Å². The first-order valence-corrected chi connectivity index (χ1v) is 7.95. The summed E-state index contributed by atoms with van der Waals surface area (Å²) in [5.74, 6) is 0.146. The van der Waals surface area contributed by atoms with Crippen LogP contribution in [0.1, 0.15) is 31.4 Å². The van der Waals surface area contributed by atoms with Gasteiger partial charge in [-0.1, -0.05) is 37.3 Å². The third-order valence-electron chi connectivity index (χ3n) is 4.14. The highest BCUT2D eigenvalue weighted by molar-refractivity contribution is 5.75. The standard InChI is InChI=1S/C17H27N3O/c1-3-17(21)18-10-7-11-20-13-12-19(2)14-16(20)15-8-5-4-6-9-15/h4-6,8-9,16H,3,7,10-14H2,1-2H3,(H,18,21). The molecule has 1 aliphatic heterocycles. The SMILES string of the molecule is CCC(=O)NCCCN1CCN(C)CC1c1ccccc1. The van der Waals surface area contributed by atoms with Crippen LogP contribution in [0.15, 0.2) is 30.3 Å². The molecule has 1 saturated heterocycles. The Morgan fingerprint density at radius 1 is 1.29 bits per heavy atom. The summed E-state index contributed by atoms with van der Waals surface area (Å²) in [4.78, 5) is 16.2. The number of hydrogen-bond donors (Lipinski definition) is 1. The first-order chi connectivity index (χ1) is 10.2. The Kier molecular flexibility index (Phi) is 6.21. The number of nitrogens with zero attached hydrogens (tertiary/aromatic N) is 2. The third-order valence-corrected chi connectivity index (χ3v) is 4.14. The highest BCUT2D eigenvalue weighted by Gasteiger charge is 2.25. The van der Waals surface area contributed by atoms with Gasteiger partial charge in [0.15, 0.2) is 0 Å². The van der Waals surface area contributed by atoms with Gasteiger partial charge in [-0.25, -0.2) is 0 Å². The second-order valence-corrected chi connectivity index (χ2v) is 5.78. The van der Waals surface area contributed by atoms with Crippen LogP contribution in [0.25, 0.3) is 0 Å². The summed E-state index contributed by atoms with van der Waals surface area (Å²) >= 11 is 0. The van der Waals surface area contributed by atoms with Crippen molar-refractivity contribution in [2.24, 2.45) is 0 Å². The molecule has 1 amide bonds. The molecule has 4 nitrogen and oxygen atoms in total. The van der Waals surface area contributed by atoms with Gasteiger partial charge in [0, 0.05) is 45.2 Å². The molecular weight excluding hydrogens is 262 g/mol. The number of likely N-dealkylation sites (N-methyl/N-ethyl adjacent to an activating group) is 1. The normalized spacial score (nSPS) is 20.4. The number of benzene rings is 1. The maximum absolute atomic E-state index is 11.3. The van der Waals surface area contributed by atoms with Crippen LogP contribution in [0.5, 0.6) is 0 Å². The summed E-state index contributed by atoms with van der Waals surface area (Å²) in [6.45, 7) is 6.99. The van der Waals surface area contributed by atoms with Crippen LogP contribution in [0, 0.1) is 0 Å². The van der Waals surface area contributed by atoms with Gasteiger partial charge >= 0.3 is 0 Å². The Balaban J connectivity index is 1.88. The number of rotatable bonds is 6. The second kappa shape index (κ2) is 8.15. The van der Waals surface area contributed by atoms with E-state index in [-0.39, 0.29) is 5.91 Å². The summed E-state index contributed by atoms with van der Waals surface area (Å²) in [6.07, 6.45) is 1.58. The maximum atomic E-state index is 11.3. The molecule has 2 rings (SSSR count). The van der Waals surface area contributed by atoms with Crippen LogP contribution >= 0.6 is 0 Å². The predicted molar refractivity (Wildman–Crippen MR) is 86.2 cm³/mol. The zero-order valence-electron chi connectivity index (χ0n) is 13.2. The van der Waals surface area contributed by atoms with Crippen molar-refractivity contribution in [3.05, 3.63) is 35.9 Å². The molecule has 116 valence electrons. The summed E-state index contributed by atoms with van der Waals surface area (Å²) < 4.78 is 0. The molecule has 1 N–H and O–H groups in total. The first kappa shape index (κ1) is 16.0. The Morgan fingerprint density at radius 3 is 2.76 bits per heavy atom. The van der Waals surface area contributed by atoms with Crippen LogP contribution in [0.3, 0.4) is 0 Å². The van der Waals surface area contributed by atoms with E-state index in [4.69, 9.17) is 0 Å². The second-order valence-electron chi connectivity index (χ2n) is 5.78. The fourth-order valence-electron chi connectivity index (χ4n) is 2.85. The van der Waals surface area contributed by atoms with Crippen molar-refractivity contribution in [1.82, 2.24) is 15.1 Å². The van der Waals surface area contributed by atoms with Crippen molar-refractivity contribution in [3.63, 3.8) is 0 Å². The lowest BCUT2D eigenvalue weighted by molar-refractivity contribution is -0.120. The van der Waals surface area contributed by atoms with E-state index in [9.17, 15) is 4.79 Å². The van der Waals surface area contributed by atoms with Gasteiger partial charge in [0.2, 0.25) is 5.91 Å². The van der Waals surface area contributed by atoms with E-state index in [0.717, 1.165) is 39.1 Å². The largest absolute Gasteiger partial charge is 0.356 e. The number of carbonyl (C=O) groups is 1. The molecule has 1 atom stereocenters. The molecule has 1 fully saturated rings. The van der Waals surface area contributed by atoms with Crippen LogP contribution in [0.4, 0.5) is 0 Å². The Morgan fingerprint density at radius 2 is 2.05 bits per heavy atom. The molecule has 4 heteroatoms. The van der Waals surface area contributed by atoms with E-state index in [2.05, 4.69) is 52.5 Å². The van der Waals surface area contributed by atoms with E-state index in [1.807, 2.05) is 6.92 Å². The van der Waals surface area contributed by atoms with Gasteiger partial charge in [0.25, 0.3) is 0 Å². The van der Waals surface area contributed by atoms with Crippen molar-refractivity contribution >= 4 is 5.91 Å². The first-order valence-electron chi connectivity index (χ1n) is 7.95. The van der Waals surface area contributed by atoms with E-state index in [1.165, 1.54) is 5.56 Å². The van der Waals surface area contributed by atoms with E-state index >= 15 is 0 Å². The van der Waals surface area contributed by atoms with Gasteiger partial charge < -0.3 is 10.2 Å². The smallest absolute Gasteiger partial charge is 0.219 e. The Bertz CT molecular complexity index is 435. The van der Waals surface area contributed by atoms with Crippen LogP contribution in [-0.4, -0.2) is 55.5 Å². The lowest BCUT2D eigenvalue weighted by Gasteiger charge is -2.40. The van der Waals surface area contributed by atoms with Crippen molar-refractivity contribution < 1.29 is 4.79 Å². The van der Waals surface area contributed by atoms with Gasteiger partial charge in [-0.3, -0.25) is 9.69 Å². The molecule has 1 heterocycles. The van der Waals surface area contributed by atoms with E-state index in [0.29, 0.717) is 12.5 Å². The molecule has 0 saturated carbocycles. The highest BCUT2D eigenvalue weighted by atomic mass is 16.1. The van der Waals surface area contributed by atoms with Gasteiger partial charge in [-0.05, 0) is 19.0 Å². The summed E-state index contributed by atoms with van der Waals surface area (Å²) in [6, 6.07) is 11.2. The monoisotopic (exact) mass is 289 g/mol. The minimum Gasteiger partial charge on any atom is -0.356 e. The van der Waals surface area contributed by atoms with Crippen molar-refractivity contribution in [1.29, 1.82) is 0 Å². The maximum Gasteiger partial charge on any atom is 0.219 e. The lowest BCUT2D eigenvalue weighted by Crippen LogP contribution is -2.47. The van der Waals surface area contributed by atoms with Crippen molar-refractivity contribution in [3.8, 4) is 0 Å². The molecule has 0 radical (unpaired) electrons. The van der Waals surface area contributed by atoms with Crippen LogP contribution in [-0.2, 0) is 4.79 Å². The molecule has 0 bridgehead atoms. The van der Waals surface area contributed by atoms with Crippen LogP contribution in [0.2, 0.25) is 0 Å². The van der Waals surface area contributed by atoms with Crippen molar-refractivity contribution in [2.45, 2.75) is 25.8 Å². The topological polar surface area (TPSA) is 35.6 Å². The molecular formula is C17H27N3O. The molecule has 21 heavy (non-hydrogen) atoms. The summed E-state index contributed by atoms with van der Waals surface area (Å²) in [7, 11) is 2.19. The molecule has 1 aliphatic rings. The van der Waals surface area contributed by atoms with Gasteiger partial charge in [-0.15, -0.1) is 0 Å². The molecule has 0 aromatic heterocycles. The molecule has 0 spiro atoms. The Hall–Kier alpha value is -1.39. The van der Waals surface area contributed by atoms with Gasteiger partial charge in [0.1, 0.15) is 0 Å². The third kappa shape index (κ3) is 4.83. The number of carbonyl (C=O) groups excluding carboxylic acids is 1. The molecule has 0 aliphatic carbocycles. The molecule has 1 unspecified atom stereocenters. The fourth-order valence-corrected chi connectivity index (χ4v) is 2.85. The number of amides is 1. The van der Waals surface area contributed by atoms with Crippen LogP contribution < -0.4 is 5.32 Å². The quantitative estimate of drug-likeness (QED) is 0.812. The zero-order valence-corrected chi connectivity index (χ0v) is 13.2. The Labute approximate surface area is 128 Å². The minimum absolute atomic E-state index is 0.146. The average molecular weight is 289 g/mol. The zero-order chi connectivity index (χ0) is 15.1.